The molecule has 4 bridgehead atoms. The number of hydrogen-bond acceptors (Lipinski definition) is 4. The number of ether oxygens (including phenoxy) is 1. The molecule has 3 unspecified atom stereocenters. The Hall–Kier alpha value is -1.36. The first-order valence-corrected chi connectivity index (χ1v) is 9.46. The number of piperidine rings is 1. The van der Waals surface area contributed by atoms with Gasteiger partial charge in [0.15, 0.2) is 0 Å². The Morgan fingerprint density at radius 1 is 1.32 bits per heavy atom. The van der Waals surface area contributed by atoms with Crippen LogP contribution >= 0.6 is 0 Å². The Labute approximate surface area is 148 Å². The van der Waals surface area contributed by atoms with Crippen molar-refractivity contribution in [2.75, 3.05) is 13.7 Å². The van der Waals surface area contributed by atoms with Crippen molar-refractivity contribution >= 4 is 0 Å². The van der Waals surface area contributed by atoms with Gasteiger partial charge in [-0.2, -0.15) is 0 Å². The third kappa shape index (κ3) is 1.69. The van der Waals surface area contributed by atoms with Crippen LogP contribution in [0.3, 0.4) is 0 Å². The van der Waals surface area contributed by atoms with Crippen molar-refractivity contribution in [2.24, 2.45) is 11.3 Å². The van der Waals surface area contributed by atoms with Crippen molar-refractivity contribution in [1.82, 2.24) is 5.32 Å². The summed E-state index contributed by atoms with van der Waals surface area (Å²) in [6.45, 7) is 2.89. The maximum atomic E-state index is 10.5. The van der Waals surface area contributed by atoms with Gasteiger partial charge in [-0.1, -0.05) is 24.3 Å². The predicted molar refractivity (Wildman–Crippen MR) is 95.6 cm³/mol. The SMILES string of the molecule is COC12C=C[C@]3(CC1C(C)O)[C@H]1Cc4c(O)cccc4[C@@]3(CCN1)C2. The molecule has 5 aliphatic rings. The van der Waals surface area contributed by atoms with Crippen molar-refractivity contribution < 1.29 is 14.9 Å². The van der Waals surface area contributed by atoms with Crippen LogP contribution in [0.2, 0.25) is 0 Å². The normalized spacial score (nSPS) is 44.9. The van der Waals surface area contributed by atoms with E-state index in [2.05, 4.69) is 23.5 Å². The lowest BCUT2D eigenvalue weighted by Gasteiger charge is -2.70. The topological polar surface area (TPSA) is 61.7 Å². The zero-order chi connectivity index (χ0) is 17.4. The second kappa shape index (κ2) is 4.87. The number of nitrogens with one attached hydrogen (secondary N) is 1. The zero-order valence-corrected chi connectivity index (χ0v) is 15.0. The molecule has 4 nitrogen and oxygen atoms in total. The van der Waals surface area contributed by atoms with E-state index in [1.165, 1.54) is 5.56 Å². The van der Waals surface area contributed by atoms with Crippen LogP contribution in [0.1, 0.15) is 37.3 Å². The van der Waals surface area contributed by atoms with Gasteiger partial charge in [0, 0.05) is 29.9 Å². The number of phenols is 1. The fourth-order valence-electron chi connectivity index (χ4n) is 6.80. The average Bonchev–Trinajstić information content (AvgIpc) is 2.61. The molecule has 1 aliphatic heterocycles. The molecule has 0 aromatic heterocycles. The Morgan fingerprint density at radius 3 is 2.92 bits per heavy atom. The molecule has 0 amide bonds. The number of aromatic hydroxyl groups is 1. The summed E-state index contributed by atoms with van der Waals surface area (Å²) in [5, 5.41) is 24.8. The summed E-state index contributed by atoms with van der Waals surface area (Å²) in [6, 6.07) is 6.31. The molecule has 0 radical (unpaired) electrons. The van der Waals surface area contributed by atoms with Crippen LogP contribution in [0.25, 0.3) is 0 Å². The molecule has 1 spiro atoms. The van der Waals surface area contributed by atoms with Gasteiger partial charge in [0.25, 0.3) is 0 Å². The van der Waals surface area contributed by atoms with Crippen LogP contribution in [-0.2, 0) is 16.6 Å². The predicted octanol–water partition coefficient (Wildman–Crippen LogP) is 2.28. The Kier molecular flexibility index (Phi) is 3.09. The lowest BCUT2D eigenvalue weighted by Crippen LogP contribution is -2.74. The fourth-order valence-corrected chi connectivity index (χ4v) is 6.80. The molecular formula is C21H27NO3. The minimum absolute atomic E-state index is 0.00597. The van der Waals surface area contributed by atoms with Crippen LogP contribution in [-0.4, -0.2) is 41.6 Å². The minimum atomic E-state index is -0.419. The molecule has 1 aromatic rings. The number of aliphatic hydroxyl groups is 1. The van der Waals surface area contributed by atoms with Crippen LogP contribution in [0.4, 0.5) is 0 Å². The molecule has 1 saturated heterocycles. The Morgan fingerprint density at radius 2 is 2.16 bits per heavy atom. The van der Waals surface area contributed by atoms with E-state index in [4.69, 9.17) is 4.74 Å². The summed E-state index contributed by atoms with van der Waals surface area (Å²) in [5.41, 5.74) is 1.96. The third-order valence-electron chi connectivity index (χ3n) is 7.92. The largest absolute Gasteiger partial charge is 0.508 e. The standard InChI is InChI=1S/C21H27NO3/c1-13(23)16-11-19-6-7-21(16,25-2)12-20(19)8-9-22-18(19)10-14-15(20)4-3-5-17(14)24/h3-7,13,16,18,22-24H,8-12H2,1-2H3/t13?,16?,18-,19+,20-,21?/m1/s1. The summed E-state index contributed by atoms with van der Waals surface area (Å²) in [6.07, 6.45) is 7.94. The molecule has 1 aromatic carbocycles. The average molecular weight is 341 g/mol. The van der Waals surface area contributed by atoms with E-state index in [1.807, 2.05) is 19.1 Å². The van der Waals surface area contributed by atoms with Gasteiger partial charge in [-0.3, -0.25) is 0 Å². The van der Waals surface area contributed by atoms with Crippen molar-refractivity contribution in [2.45, 2.75) is 55.8 Å². The highest BCUT2D eigenvalue weighted by atomic mass is 16.5. The maximum absolute atomic E-state index is 10.5. The van der Waals surface area contributed by atoms with E-state index in [9.17, 15) is 10.2 Å². The van der Waals surface area contributed by atoms with E-state index in [-0.39, 0.29) is 16.7 Å². The third-order valence-corrected chi connectivity index (χ3v) is 7.92. The lowest BCUT2D eigenvalue weighted by atomic mass is 9.37. The lowest BCUT2D eigenvalue weighted by molar-refractivity contribution is -0.169. The minimum Gasteiger partial charge on any atom is -0.508 e. The quantitative estimate of drug-likeness (QED) is 0.722. The van der Waals surface area contributed by atoms with Crippen molar-refractivity contribution in [3.05, 3.63) is 41.5 Å². The second-order valence-corrected chi connectivity index (χ2v) is 8.61. The number of aliphatic hydroxyl groups excluding tert-OH is 1. The van der Waals surface area contributed by atoms with E-state index in [1.54, 1.807) is 7.11 Å². The monoisotopic (exact) mass is 341 g/mol. The molecular weight excluding hydrogens is 314 g/mol. The van der Waals surface area contributed by atoms with Gasteiger partial charge in [0.2, 0.25) is 0 Å². The number of benzene rings is 1. The molecule has 25 heavy (non-hydrogen) atoms. The van der Waals surface area contributed by atoms with Crippen LogP contribution < -0.4 is 5.32 Å². The molecule has 2 fully saturated rings. The molecule has 6 rings (SSSR count). The van der Waals surface area contributed by atoms with Gasteiger partial charge in [-0.15, -0.1) is 0 Å². The van der Waals surface area contributed by atoms with Gasteiger partial charge in [0.1, 0.15) is 5.75 Å². The molecule has 1 saturated carbocycles. The van der Waals surface area contributed by atoms with Gasteiger partial charge >= 0.3 is 0 Å². The zero-order valence-electron chi connectivity index (χ0n) is 15.0. The van der Waals surface area contributed by atoms with E-state index < -0.39 is 11.7 Å². The molecule has 4 aliphatic carbocycles. The number of methoxy groups -OCH3 is 1. The van der Waals surface area contributed by atoms with E-state index >= 15 is 0 Å². The van der Waals surface area contributed by atoms with Crippen molar-refractivity contribution in [3.8, 4) is 5.75 Å². The number of hydrogen-bond donors (Lipinski definition) is 3. The van der Waals surface area contributed by atoms with Crippen LogP contribution in [0.15, 0.2) is 30.4 Å². The van der Waals surface area contributed by atoms with E-state index in [0.717, 1.165) is 37.8 Å². The smallest absolute Gasteiger partial charge is 0.119 e. The first-order valence-electron chi connectivity index (χ1n) is 9.46. The Balaban J connectivity index is 1.78. The summed E-state index contributed by atoms with van der Waals surface area (Å²) in [4.78, 5) is 0. The summed E-state index contributed by atoms with van der Waals surface area (Å²) < 4.78 is 6.09. The molecule has 6 atom stereocenters. The fraction of sp³-hybridized carbons (Fsp3) is 0.619. The number of fused-ring (bicyclic) bond motifs is 2. The summed E-state index contributed by atoms with van der Waals surface area (Å²) >= 11 is 0. The van der Waals surface area contributed by atoms with Gasteiger partial charge < -0.3 is 20.3 Å². The second-order valence-electron chi connectivity index (χ2n) is 8.61. The Bertz CT molecular complexity index is 760. The number of phenolic OH excluding ortho intramolecular Hbond substituents is 1. The van der Waals surface area contributed by atoms with Crippen molar-refractivity contribution in [1.29, 1.82) is 0 Å². The van der Waals surface area contributed by atoms with Gasteiger partial charge in [-0.25, -0.2) is 0 Å². The molecule has 1 heterocycles. The summed E-state index contributed by atoms with van der Waals surface area (Å²) in [5.74, 6) is 0.529. The highest BCUT2D eigenvalue weighted by Gasteiger charge is 2.70. The van der Waals surface area contributed by atoms with Gasteiger partial charge in [-0.05, 0) is 56.3 Å². The first-order chi connectivity index (χ1) is 12.0. The maximum Gasteiger partial charge on any atom is 0.119 e. The van der Waals surface area contributed by atoms with Crippen molar-refractivity contribution in [3.63, 3.8) is 0 Å². The molecule has 3 N–H and O–H groups in total. The molecule has 4 heteroatoms. The first kappa shape index (κ1) is 15.9. The van der Waals surface area contributed by atoms with E-state index in [0.29, 0.717) is 11.8 Å². The summed E-state index contributed by atoms with van der Waals surface area (Å²) in [7, 11) is 1.78. The molecule has 134 valence electrons. The highest BCUT2D eigenvalue weighted by molar-refractivity contribution is 5.54. The number of rotatable bonds is 2. The highest BCUT2D eigenvalue weighted by Crippen LogP contribution is 2.69. The van der Waals surface area contributed by atoms with Crippen LogP contribution in [0.5, 0.6) is 5.75 Å². The van der Waals surface area contributed by atoms with Gasteiger partial charge in [0.05, 0.1) is 11.7 Å². The van der Waals surface area contributed by atoms with Crippen LogP contribution in [0, 0.1) is 11.3 Å².